The maximum absolute atomic E-state index is 9.15. The maximum atomic E-state index is 9.15. The molecule has 49 heavy (non-hydrogen) atoms. The summed E-state index contributed by atoms with van der Waals surface area (Å²) in [6.07, 6.45) is 0. The van der Waals surface area contributed by atoms with Crippen molar-refractivity contribution in [2.24, 2.45) is 0 Å². The molecule has 0 fully saturated rings. The van der Waals surface area contributed by atoms with Crippen molar-refractivity contribution in [3.63, 3.8) is 0 Å². The molecule has 0 unspecified atom stereocenters. The summed E-state index contributed by atoms with van der Waals surface area (Å²) in [6.45, 7) is -0.400. The van der Waals surface area contributed by atoms with Crippen LogP contribution >= 0.6 is 0 Å². The van der Waals surface area contributed by atoms with Crippen molar-refractivity contribution in [2.75, 3.05) is 14.7 Å². The maximum Gasteiger partial charge on any atom is 0.297 e. The Morgan fingerprint density at radius 1 is 0.531 bits per heavy atom. The van der Waals surface area contributed by atoms with Crippen LogP contribution in [0.5, 0.6) is 0 Å². The van der Waals surface area contributed by atoms with Crippen LogP contribution in [0.2, 0.25) is 0 Å². The van der Waals surface area contributed by atoms with Crippen molar-refractivity contribution < 1.29 is 11.3 Å². The molecule has 0 radical (unpaired) electrons. The second kappa shape index (κ2) is 11.1. The van der Waals surface area contributed by atoms with Gasteiger partial charge in [-0.15, -0.1) is 0 Å². The predicted molar refractivity (Wildman–Crippen MR) is 205 cm³/mol. The van der Waals surface area contributed by atoms with Gasteiger partial charge in [0.1, 0.15) is 5.58 Å². The van der Waals surface area contributed by atoms with E-state index in [-0.39, 0.29) is 17.8 Å². The Labute approximate surface area is 292 Å². The zero-order valence-electron chi connectivity index (χ0n) is 31.3. The van der Waals surface area contributed by atoms with E-state index in [0.717, 1.165) is 56.1 Å². The van der Waals surface area contributed by atoms with E-state index in [1.54, 1.807) is 0 Å². The molecule has 1 aromatic heterocycles. The molecule has 0 amide bonds. The lowest BCUT2D eigenvalue weighted by Gasteiger charge is -2.42. The summed E-state index contributed by atoms with van der Waals surface area (Å²) in [6, 6.07) is 49.4. The highest BCUT2D eigenvalue weighted by Gasteiger charge is 2.46. The smallest absolute Gasteiger partial charge is 0.297 e. The number of fused-ring (bicyclic) bond motifs is 6. The minimum absolute atomic E-state index is 0.0748. The first-order chi connectivity index (χ1) is 26.4. The second-order valence-corrected chi connectivity index (χ2v) is 12.2. The largest absolute Gasteiger partial charge is 0.468 e. The van der Waals surface area contributed by atoms with Crippen LogP contribution in [0.25, 0.3) is 11.0 Å². The van der Waals surface area contributed by atoms with Crippen molar-refractivity contribution in [2.45, 2.75) is 0 Å². The second-order valence-electron chi connectivity index (χ2n) is 12.2. The lowest BCUT2D eigenvalue weighted by molar-refractivity contribution is 0.651. The number of para-hydroxylation sites is 5. The first kappa shape index (κ1) is 23.0. The van der Waals surface area contributed by atoms with E-state index in [0.29, 0.717) is 16.9 Å². The zero-order chi connectivity index (χ0) is 36.7. The van der Waals surface area contributed by atoms with E-state index >= 15 is 0 Å². The number of rotatable bonds is 5. The van der Waals surface area contributed by atoms with Crippen LogP contribution in [0.4, 0.5) is 51.2 Å². The molecule has 2 aliphatic rings. The molecule has 0 bridgehead atoms. The van der Waals surface area contributed by atoms with Gasteiger partial charge in [-0.25, -0.2) is 0 Å². The molecule has 0 saturated carbocycles. The third-order valence-corrected chi connectivity index (χ3v) is 9.49. The van der Waals surface area contributed by atoms with Crippen molar-refractivity contribution in [1.82, 2.24) is 0 Å². The Morgan fingerprint density at radius 2 is 1.16 bits per heavy atom. The van der Waals surface area contributed by atoms with Crippen molar-refractivity contribution in [3.8, 4) is 0 Å². The highest BCUT2D eigenvalue weighted by Crippen LogP contribution is 2.47. The zero-order valence-corrected chi connectivity index (χ0v) is 26.3. The van der Waals surface area contributed by atoms with Crippen LogP contribution in [0, 0.1) is 0 Å². The summed E-state index contributed by atoms with van der Waals surface area (Å²) in [7, 11) is 0. The third-order valence-electron chi connectivity index (χ3n) is 9.49. The first-order valence-electron chi connectivity index (χ1n) is 18.8. The summed E-state index contributed by atoms with van der Waals surface area (Å²) in [4.78, 5) is 6.32. The highest BCUT2D eigenvalue weighted by atomic mass is 16.3. The molecule has 230 valence electrons. The Hall–Kier alpha value is -6.46. The van der Waals surface area contributed by atoms with Gasteiger partial charge in [0.25, 0.3) is 6.71 Å². The Balaban J connectivity index is 1.31. The lowest BCUT2D eigenvalue weighted by Crippen LogP contribution is -2.61. The molecule has 0 spiro atoms. The molecule has 2 aliphatic heterocycles. The fourth-order valence-corrected chi connectivity index (χ4v) is 7.54. The summed E-state index contributed by atoms with van der Waals surface area (Å²) < 4.78 is 50.9. The molecule has 4 nitrogen and oxygen atoms in total. The number of nitrogens with zero attached hydrogens (tertiary/aromatic N) is 3. The van der Waals surface area contributed by atoms with Crippen molar-refractivity contribution >= 4 is 85.5 Å². The Bertz CT molecular complexity index is 2690. The van der Waals surface area contributed by atoms with Gasteiger partial charge in [0.2, 0.25) is 0 Å². The van der Waals surface area contributed by atoms with Gasteiger partial charge in [-0.3, -0.25) is 0 Å². The quantitative estimate of drug-likeness (QED) is 0.176. The summed E-state index contributed by atoms with van der Waals surface area (Å²) >= 11 is 0. The molecule has 0 saturated heterocycles. The van der Waals surface area contributed by atoms with Crippen LogP contribution < -0.4 is 31.3 Å². The summed E-state index contributed by atoms with van der Waals surface area (Å²) in [5.41, 5.74) is 10.5. The molecule has 7 aromatic carbocycles. The fraction of sp³-hybridized carbons (Fsp3) is 0. The van der Waals surface area contributed by atoms with Crippen molar-refractivity contribution in [1.29, 1.82) is 0 Å². The van der Waals surface area contributed by atoms with Crippen LogP contribution in [0.15, 0.2) is 186 Å². The third kappa shape index (κ3) is 4.26. The van der Waals surface area contributed by atoms with E-state index in [9.17, 15) is 0 Å². The lowest BCUT2D eigenvalue weighted by atomic mass is 9.35. The van der Waals surface area contributed by atoms with Gasteiger partial charge >= 0.3 is 0 Å². The Kier molecular flexibility index (Phi) is 5.19. The normalized spacial score (nSPS) is 14.2. The molecule has 10 rings (SSSR count). The molecular formula is C44H30BN3O. The number of anilines is 9. The molecule has 5 heteroatoms. The standard InChI is InChI=1S/C44H30BN3O/c1-5-16-31(17-6-1)46(32-18-7-2-8-19-32)35-28-29-38-37(30-35)45-42-39(47(38)33-20-9-3-10-21-33)25-15-26-40(42)48(34-22-11-4-12-23-34)43-36-24-13-14-27-41(36)49-44(43)45/h1-30H/i4D,11D,12D,22D,23D. The van der Waals surface area contributed by atoms with Gasteiger partial charge in [-0.05, 0) is 102 Å². The average Bonchev–Trinajstić information content (AvgIpc) is 3.61. The van der Waals surface area contributed by atoms with Gasteiger partial charge in [0.05, 0.1) is 18.2 Å². The number of benzene rings is 7. The predicted octanol–water partition coefficient (Wildman–Crippen LogP) is 9.99. The van der Waals surface area contributed by atoms with E-state index in [2.05, 4.69) is 70.5 Å². The fourth-order valence-electron chi connectivity index (χ4n) is 7.54. The number of hydrogen-bond donors (Lipinski definition) is 0. The van der Waals surface area contributed by atoms with E-state index in [1.165, 1.54) is 0 Å². The molecule has 3 heterocycles. The minimum atomic E-state index is -0.436. The van der Waals surface area contributed by atoms with Crippen LogP contribution in [-0.4, -0.2) is 6.71 Å². The molecule has 0 atom stereocenters. The first-order valence-corrected chi connectivity index (χ1v) is 16.3. The molecular weight excluding hydrogens is 597 g/mol. The minimum Gasteiger partial charge on any atom is -0.468 e. The number of hydrogen-bond acceptors (Lipinski definition) is 4. The van der Waals surface area contributed by atoms with Crippen molar-refractivity contribution in [3.05, 3.63) is 182 Å². The molecule has 0 aliphatic carbocycles. The SMILES string of the molecule is [2H]c1c([2H])c([2H])c(N2c3cccc4c3B(c3cc(N(c5ccccc5)c5ccccc5)ccc3N4c3ccccc3)c3oc4ccccc4c32)c([2H])c1[2H]. The molecule has 0 N–H and O–H groups in total. The van der Waals surface area contributed by atoms with Gasteiger partial charge < -0.3 is 19.1 Å². The highest BCUT2D eigenvalue weighted by molar-refractivity contribution is 7.00. The number of furan rings is 1. The van der Waals surface area contributed by atoms with Crippen LogP contribution in [0.3, 0.4) is 0 Å². The van der Waals surface area contributed by atoms with Gasteiger partial charge in [0.15, 0.2) is 0 Å². The van der Waals surface area contributed by atoms with E-state index in [1.807, 2.05) is 95.9 Å². The monoisotopic (exact) mass is 632 g/mol. The van der Waals surface area contributed by atoms with Gasteiger partial charge in [-0.2, -0.15) is 0 Å². The van der Waals surface area contributed by atoms with E-state index in [4.69, 9.17) is 11.3 Å². The summed E-state index contributed by atoms with van der Waals surface area (Å²) in [5, 5.41) is 0.786. The molecule has 8 aromatic rings. The Morgan fingerprint density at radius 3 is 1.88 bits per heavy atom. The summed E-state index contributed by atoms with van der Waals surface area (Å²) in [5.74, 6) is 0. The van der Waals surface area contributed by atoms with Crippen LogP contribution in [0.1, 0.15) is 6.85 Å². The topological polar surface area (TPSA) is 22.9 Å². The van der Waals surface area contributed by atoms with E-state index < -0.39 is 24.8 Å². The van der Waals surface area contributed by atoms with Crippen LogP contribution in [-0.2, 0) is 0 Å². The van der Waals surface area contributed by atoms with Gasteiger partial charge in [0, 0.05) is 50.9 Å². The average molecular weight is 633 g/mol. The van der Waals surface area contributed by atoms with Gasteiger partial charge in [-0.1, -0.05) is 90.9 Å².